The number of nitrogens with one attached hydrogen (secondary N) is 2. The Labute approximate surface area is 211 Å². The number of nitrogens with zero attached hydrogens (tertiary/aromatic N) is 2. The van der Waals surface area contributed by atoms with Gasteiger partial charge in [-0.2, -0.15) is 5.26 Å². The Morgan fingerprint density at radius 3 is 2.60 bits per heavy atom. The van der Waals surface area contributed by atoms with Crippen LogP contribution in [0.4, 0.5) is 5.69 Å². The molecule has 1 amide bonds. The average molecular weight is 531 g/mol. The maximum absolute atomic E-state index is 12.3. The highest BCUT2D eigenvalue weighted by Gasteiger charge is 2.15. The Kier molecular flexibility index (Phi) is 7.18. The Hall–Kier alpha value is -4.09. The van der Waals surface area contributed by atoms with Gasteiger partial charge >= 0.3 is 0 Å². The van der Waals surface area contributed by atoms with Crippen LogP contribution < -0.4 is 14.8 Å². The van der Waals surface area contributed by atoms with Crippen LogP contribution in [0.1, 0.15) is 22.5 Å². The summed E-state index contributed by atoms with van der Waals surface area (Å²) in [5, 5.41) is 12.6. The molecule has 0 bridgehead atoms. The van der Waals surface area contributed by atoms with E-state index in [1.165, 1.54) is 7.11 Å². The van der Waals surface area contributed by atoms with E-state index in [9.17, 15) is 10.1 Å². The Bertz CT molecular complexity index is 1470. The molecule has 0 spiro atoms. The summed E-state index contributed by atoms with van der Waals surface area (Å²) in [6.07, 6.45) is 1.71. The fourth-order valence-electron chi connectivity index (χ4n) is 3.51. The smallest absolute Gasteiger partial charge is 0.262 e. The van der Waals surface area contributed by atoms with Gasteiger partial charge < -0.3 is 19.8 Å². The molecule has 0 saturated carbocycles. The normalized spacial score (nSPS) is 11.2. The number of nitriles is 1. The van der Waals surface area contributed by atoms with E-state index in [4.69, 9.17) is 9.47 Å². The molecule has 0 aliphatic heterocycles. The summed E-state index contributed by atoms with van der Waals surface area (Å²) in [6, 6.07) is 19.1. The fraction of sp³-hybridized carbons (Fsp3) is 0.148. The second-order valence-corrected chi connectivity index (χ2v) is 8.87. The first-order chi connectivity index (χ1) is 16.9. The lowest BCUT2D eigenvalue weighted by atomic mass is 10.1. The molecule has 3 aromatic carbocycles. The maximum Gasteiger partial charge on any atom is 0.262 e. The van der Waals surface area contributed by atoms with Crippen LogP contribution >= 0.6 is 15.9 Å². The molecule has 1 heterocycles. The van der Waals surface area contributed by atoms with Crippen molar-refractivity contribution < 1.29 is 14.3 Å². The highest BCUT2D eigenvalue weighted by molar-refractivity contribution is 9.10. The fourth-order valence-corrected chi connectivity index (χ4v) is 4.08. The van der Waals surface area contributed by atoms with Gasteiger partial charge in [-0.05, 0) is 83.4 Å². The van der Waals surface area contributed by atoms with Crippen molar-refractivity contribution in [2.24, 2.45) is 0 Å². The highest BCUT2D eigenvalue weighted by atomic mass is 79.9. The highest BCUT2D eigenvalue weighted by Crippen LogP contribution is 2.37. The number of aromatic nitrogens is 2. The predicted molar refractivity (Wildman–Crippen MR) is 140 cm³/mol. The van der Waals surface area contributed by atoms with E-state index in [2.05, 4.69) is 37.3 Å². The quantitative estimate of drug-likeness (QED) is 0.284. The third-order valence-corrected chi connectivity index (χ3v) is 5.85. The van der Waals surface area contributed by atoms with Crippen molar-refractivity contribution in [1.29, 1.82) is 5.26 Å². The van der Waals surface area contributed by atoms with Crippen molar-refractivity contribution >= 4 is 50.2 Å². The number of rotatable bonds is 7. The molecule has 8 heteroatoms. The number of hydrogen-bond donors (Lipinski definition) is 2. The minimum atomic E-state index is -0.293. The molecule has 176 valence electrons. The lowest BCUT2D eigenvalue weighted by Gasteiger charge is -2.14. The lowest BCUT2D eigenvalue weighted by Crippen LogP contribution is -2.20. The summed E-state index contributed by atoms with van der Waals surface area (Å²) in [6.45, 7) is 3.79. The molecule has 1 aromatic heterocycles. The van der Waals surface area contributed by atoms with Gasteiger partial charge in [0.1, 0.15) is 11.9 Å². The van der Waals surface area contributed by atoms with Gasteiger partial charge in [0.25, 0.3) is 5.91 Å². The van der Waals surface area contributed by atoms with Crippen LogP contribution in [0.5, 0.6) is 11.5 Å². The van der Waals surface area contributed by atoms with Crippen molar-refractivity contribution in [3.63, 3.8) is 0 Å². The lowest BCUT2D eigenvalue weighted by molar-refractivity contribution is -0.118. The molecule has 0 aliphatic rings. The number of ether oxygens (including phenoxy) is 2. The topological polar surface area (TPSA) is 100 Å². The third kappa shape index (κ3) is 5.70. The first-order valence-electron chi connectivity index (χ1n) is 10.8. The standard InChI is InChI=1S/C27H23BrN4O3/c1-16-4-7-20(8-5-16)30-25(33)15-35-26-21(28)12-18(13-24(26)34-3)11-19(14-29)27-31-22-9-6-17(2)10-23(22)32-27/h4-13H,15H2,1-3H3,(H,30,33)(H,31,32)/b19-11-. The van der Waals surface area contributed by atoms with Crippen LogP contribution in [0.15, 0.2) is 59.1 Å². The van der Waals surface area contributed by atoms with Crippen molar-refractivity contribution in [3.05, 3.63) is 81.6 Å². The van der Waals surface area contributed by atoms with Gasteiger partial charge in [-0.15, -0.1) is 0 Å². The number of carbonyl (C=O) groups excluding carboxylic acids is 1. The number of H-pyrrole nitrogens is 1. The molecule has 0 aliphatic carbocycles. The largest absolute Gasteiger partial charge is 0.493 e. The number of methoxy groups -OCH3 is 1. The van der Waals surface area contributed by atoms with Crippen molar-refractivity contribution in [2.45, 2.75) is 13.8 Å². The first-order valence-corrected chi connectivity index (χ1v) is 11.6. The number of fused-ring (bicyclic) bond motifs is 1. The van der Waals surface area contributed by atoms with E-state index in [1.807, 2.05) is 56.3 Å². The van der Waals surface area contributed by atoms with Crippen LogP contribution in [0.3, 0.4) is 0 Å². The van der Waals surface area contributed by atoms with E-state index in [0.717, 1.165) is 22.2 Å². The van der Waals surface area contributed by atoms with Gasteiger partial charge in [-0.3, -0.25) is 4.79 Å². The van der Waals surface area contributed by atoms with Gasteiger partial charge in [-0.25, -0.2) is 4.98 Å². The second kappa shape index (κ2) is 10.5. The maximum atomic E-state index is 12.3. The zero-order chi connectivity index (χ0) is 24.9. The number of anilines is 1. The van der Waals surface area contributed by atoms with Gasteiger partial charge in [0.05, 0.1) is 28.2 Å². The van der Waals surface area contributed by atoms with E-state index < -0.39 is 0 Å². The summed E-state index contributed by atoms with van der Waals surface area (Å²) in [7, 11) is 1.52. The van der Waals surface area contributed by atoms with E-state index in [1.54, 1.807) is 18.2 Å². The summed E-state index contributed by atoms with van der Waals surface area (Å²) >= 11 is 3.50. The van der Waals surface area contributed by atoms with E-state index >= 15 is 0 Å². The monoisotopic (exact) mass is 530 g/mol. The van der Waals surface area contributed by atoms with Crippen LogP contribution in [0.25, 0.3) is 22.7 Å². The molecule has 0 radical (unpaired) electrons. The number of aromatic amines is 1. The number of imidazole rings is 1. The van der Waals surface area contributed by atoms with Crippen LogP contribution in [0.2, 0.25) is 0 Å². The summed E-state index contributed by atoms with van der Waals surface area (Å²) in [4.78, 5) is 20.1. The predicted octanol–water partition coefficient (Wildman–Crippen LogP) is 6.03. The van der Waals surface area contributed by atoms with Crippen LogP contribution in [0, 0.1) is 25.2 Å². The minimum absolute atomic E-state index is 0.195. The number of carbonyl (C=O) groups is 1. The van der Waals surface area contributed by atoms with Crippen molar-refractivity contribution in [1.82, 2.24) is 9.97 Å². The number of benzene rings is 3. The first kappa shape index (κ1) is 24.0. The number of hydrogen-bond acceptors (Lipinski definition) is 5. The molecule has 2 N–H and O–H groups in total. The number of halogens is 1. The number of aryl methyl sites for hydroxylation is 2. The van der Waals surface area contributed by atoms with Gasteiger partial charge in [0.2, 0.25) is 0 Å². The van der Waals surface area contributed by atoms with Crippen LogP contribution in [-0.2, 0) is 4.79 Å². The van der Waals surface area contributed by atoms with Crippen molar-refractivity contribution in [3.8, 4) is 17.6 Å². The summed E-state index contributed by atoms with van der Waals surface area (Å²) in [5.41, 5.74) is 5.65. The van der Waals surface area contributed by atoms with E-state index in [-0.39, 0.29) is 12.5 Å². The SMILES string of the molecule is COc1cc(/C=C(/C#N)c2nc3ccc(C)cc3[nH]2)cc(Br)c1OCC(=O)Nc1ccc(C)cc1. The van der Waals surface area contributed by atoms with Crippen LogP contribution in [-0.4, -0.2) is 29.6 Å². The molecule has 4 aromatic rings. The molecule has 4 rings (SSSR count). The number of allylic oxidation sites excluding steroid dienone is 1. The zero-order valence-electron chi connectivity index (χ0n) is 19.5. The molecule has 0 unspecified atom stereocenters. The molecular weight excluding hydrogens is 508 g/mol. The average Bonchev–Trinajstić information content (AvgIpc) is 3.26. The summed E-state index contributed by atoms with van der Waals surface area (Å²) in [5.74, 6) is 1.00. The molecule has 35 heavy (non-hydrogen) atoms. The van der Waals surface area contributed by atoms with Crippen molar-refractivity contribution in [2.75, 3.05) is 19.0 Å². The molecular formula is C27H23BrN4O3. The molecule has 7 nitrogen and oxygen atoms in total. The second-order valence-electron chi connectivity index (χ2n) is 8.01. The van der Waals surface area contributed by atoms with E-state index in [0.29, 0.717) is 38.6 Å². The van der Waals surface area contributed by atoms with Gasteiger partial charge in [-0.1, -0.05) is 23.8 Å². The Morgan fingerprint density at radius 1 is 1.14 bits per heavy atom. The van der Waals surface area contributed by atoms with Gasteiger partial charge in [0, 0.05) is 5.69 Å². The zero-order valence-corrected chi connectivity index (χ0v) is 21.1. The Morgan fingerprint density at radius 2 is 1.89 bits per heavy atom. The van der Waals surface area contributed by atoms with Gasteiger partial charge in [0.15, 0.2) is 18.1 Å². The summed E-state index contributed by atoms with van der Waals surface area (Å²) < 4.78 is 11.8. The number of amides is 1. The molecule has 0 atom stereocenters. The minimum Gasteiger partial charge on any atom is -0.493 e. The molecule has 0 fully saturated rings. The molecule has 0 saturated heterocycles. The Balaban J connectivity index is 1.54. The third-order valence-electron chi connectivity index (χ3n) is 5.26.